The molecule has 80 valence electrons. The fourth-order valence-corrected chi connectivity index (χ4v) is 2.18. The van der Waals surface area contributed by atoms with Crippen LogP contribution in [0.25, 0.3) is 11.0 Å². The number of H-pyrrole nitrogens is 1. The van der Waals surface area contributed by atoms with Gasteiger partial charge in [-0.05, 0) is 6.07 Å². The van der Waals surface area contributed by atoms with Crippen LogP contribution in [0.4, 0.5) is 5.82 Å². The number of nitrogens with one attached hydrogen (secondary N) is 1. The molecule has 3 aromatic rings. The Morgan fingerprint density at radius 2 is 2.31 bits per heavy atom. The second kappa shape index (κ2) is 3.57. The number of hydrogen-bond donors (Lipinski definition) is 2. The van der Waals surface area contributed by atoms with E-state index in [1.54, 1.807) is 17.5 Å². The first-order chi connectivity index (χ1) is 7.83. The van der Waals surface area contributed by atoms with E-state index in [2.05, 4.69) is 19.9 Å². The summed E-state index contributed by atoms with van der Waals surface area (Å²) in [6.45, 7) is 0. The van der Waals surface area contributed by atoms with E-state index in [-0.39, 0.29) is 0 Å². The molecule has 3 rings (SSSR count). The third-order valence-electron chi connectivity index (χ3n) is 2.28. The zero-order valence-corrected chi connectivity index (χ0v) is 9.16. The van der Waals surface area contributed by atoms with E-state index < -0.39 is 0 Å². The highest BCUT2D eigenvalue weighted by molar-refractivity contribution is 7.09. The van der Waals surface area contributed by atoms with E-state index in [4.69, 9.17) is 5.73 Å². The van der Waals surface area contributed by atoms with Crippen molar-refractivity contribution in [2.75, 3.05) is 5.73 Å². The molecule has 0 spiro atoms. The Labute approximate surface area is 95.4 Å². The molecule has 0 saturated heterocycles. The topological polar surface area (TPSA) is 80.5 Å². The van der Waals surface area contributed by atoms with Crippen LogP contribution in [0.2, 0.25) is 0 Å². The van der Waals surface area contributed by atoms with Crippen molar-refractivity contribution in [3.05, 3.63) is 34.7 Å². The highest BCUT2D eigenvalue weighted by atomic mass is 32.1. The molecule has 0 atom stereocenters. The van der Waals surface area contributed by atoms with E-state index in [0.717, 1.165) is 16.0 Å². The first kappa shape index (κ1) is 9.29. The maximum absolute atomic E-state index is 5.84. The summed E-state index contributed by atoms with van der Waals surface area (Å²) in [5.74, 6) is 1.21. The van der Waals surface area contributed by atoms with E-state index in [9.17, 15) is 0 Å². The number of nitrogens with zero attached hydrogens (tertiary/aromatic N) is 3. The molecule has 0 bridgehead atoms. The predicted molar refractivity (Wildman–Crippen MR) is 63.2 cm³/mol. The SMILES string of the molecule is Nc1nc(Cc2nccs2)nc2[nH]ccc12. The van der Waals surface area contributed by atoms with Gasteiger partial charge in [0.05, 0.1) is 11.8 Å². The van der Waals surface area contributed by atoms with Crippen LogP contribution in [-0.4, -0.2) is 19.9 Å². The number of aromatic nitrogens is 4. The van der Waals surface area contributed by atoms with Crippen LogP contribution in [0.5, 0.6) is 0 Å². The summed E-state index contributed by atoms with van der Waals surface area (Å²) < 4.78 is 0. The molecule has 3 N–H and O–H groups in total. The molecule has 0 aromatic carbocycles. The molecule has 6 heteroatoms. The van der Waals surface area contributed by atoms with E-state index in [1.165, 1.54) is 0 Å². The van der Waals surface area contributed by atoms with E-state index in [1.807, 2.05) is 17.6 Å². The van der Waals surface area contributed by atoms with Gasteiger partial charge < -0.3 is 10.7 Å². The Bertz CT molecular complexity index is 613. The number of nitrogen functional groups attached to an aromatic ring is 1. The van der Waals surface area contributed by atoms with Gasteiger partial charge in [0.2, 0.25) is 0 Å². The van der Waals surface area contributed by atoms with Crippen LogP contribution in [0.1, 0.15) is 10.8 Å². The highest BCUT2D eigenvalue weighted by Crippen LogP contribution is 2.17. The van der Waals surface area contributed by atoms with Crippen molar-refractivity contribution in [2.24, 2.45) is 0 Å². The quantitative estimate of drug-likeness (QED) is 0.701. The molecule has 0 radical (unpaired) electrons. The molecule has 0 aliphatic rings. The van der Waals surface area contributed by atoms with Gasteiger partial charge in [-0.1, -0.05) is 0 Å². The zero-order valence-electron chi connectivity index (χ0n) is 8.34. The summed E-state index contributed by atoms with van der Waals surface area (Å²) in [5, 5.41) is 3.79. The lowest BCUT2D eigenvalue weighted by atomic mass is 10.3. The van der Waals surface area contributed by atoms with Crippen LogP contribution in [-0.2, 0) is 6.42 Å². The van der Waals surface area contributed by atoms with Crippen molar-refractivity contribution in [1.29, 1.82) is 0 Å². The summed E-state index contributed by atoms with van der Waals surface area (Å²) in [5.41, 5.74) is 6.62. The Hall–Kier alpha value is -1.95. The smallest absolute Gasteiger partial charge is 0.143 e. The van der Waals surface area contributed by atoms with Gasteiger partial charge in [-0.25, -0.2) is 15.0 Å². The Morgan fingerprint density at radius 3 is 3.12 bits per heavy atom. The molecule has 5 nitrogen and oxygen atoms in total. The minimum atomic E-state index is 0.512. The van der Waals surface area contributed by atoms with Crippen molar-refractivity contribution in [3.63, 3.8) is 0 Å². The second-order valence-corrected chi connectivity index (χ2v) is 4.35. The Morgan fingerprint density at radius 1 is 1.38 bits per heavy atom. The molecule has 0 aliphatic carbocycles. The minimum absolute atomic E-state index is 0.512. The molecule has 3 heterocycles. The number of aromatic amines is 1. The van der Waals surface area contributed by atoms with E-state index in [0.29, 0.717) is 18.1 Å². The van der Waals surface area contributed by atoms with Gasteiger partial charge in [0.15, 0.2) is 0 Å². The minimum Gasteiger partial charge on any atom is -0.383 e. The van der Waals surface area contributed by atoms with Gasteiger partial charge >= 0.3 is 0 Å². The van der Waals surface area contributed by atoms with Gasteiger partial charge in [0, 0.05) is 17.8 Å². The Balaban J connectivity index is 2.04. The number of anilines is 1. The molecular weight excluding hydrogens is 222 g/mol. The molecule has 0 fully saturated rings. The number of fused-ring (bicyclic) bond motifs is 1. The number of thiazole rings is 1. The highest BCUT2D eigenvalue weighted by Gasteiger charge is 2.07. The molecule has 16 heavy (non-hydrogen) atoms. The molecule has 0 saturated carbocycles. The van der Waals surface area contributed by atoms with Crippen LogP contribution >= 0.6 is 11.3 Å². The van der Waals surface area contributed by atoms with Crippen LogP contribution in [0.15, 0.2) is 23.8 Å². The summed E-state index contributed by atoms with van der Waals surface area (Å²) >= 11 is 1.59. The van der Waals surface area contributed by atoms with Crippen LogP contribution < -0.4 is 5.73 Å². The van der Waals surface area contributed by atoms with Crippen molar-refractivity contribution >= 4 is 28.2 Å². The van der Waals surface area contributed by atoms with Crippen molar-refractivity contribution in [1.82, 2.24) is 19.9 Å². The van der Waals surface area contributed by atoms with Gasteiger partial charge in [-0.3, -0.25) is 0 Å². The summed E-state index contributed by atoms with van der Waals surface area (Å²) in [6.07, 6.45) is 4.20. The van der Waals surface area contributed by atoms with Gasteiger partial charge in [0.25, 0.3) is 0 Å². The van der Waals surface area contributed by atoms with Gasteiger partial charge in [-0.15, -0.1) is 11.3 Å². The largest absolute Gasteiger partial charge is 0.383 e. The normalized spacial score (nSPS) is 11.0. The third kappa shape index (κ3) is 1.53. The van der Waals surface area contributed by atoms with Crippen LogP contribution in [0, 0.1) is 0 Å². The molecule has 0 aliphatic heterocycles. The zero-order chi connectivity index (χ0) is 11.0. The monoisotopic (exact) mass is 231 g/mol. The summed E-state index contributed by atoms with van der Waals surface area (Å²) in [6, 6.07) is 1.87. The lowest BCUT2D eigenvalue weighted by Crippen LogP contribution is -2.01. The van der Waals surface area contributed by atoms with Gasteiger partial charge in [0.1, 0.15) is 22.3 Å². The fraction of sp³-hybridized carbons (Fsp3) is 0.100. The average Bonchev–Trinajstić information content (AvgIpc) is 2.87. The maximum Gasteiger partial charge on any atom is 0.143 e. The maximum atomic E-state index is 5.84. The third-order valence-corrected chi connectivity index (χ3v) is 3.06. The van der Waals surface area contributed by atoms with Crippen molar-refractivity contribution < 1.29 is 0 Å². The number of rotatable bonds is 2. The van der Waals surface area contributed by atoms with E-state index >= 15 is 0 Å². The lowest BCUT2D eigenvalue weighted by Gasteiger charge is -2.00. The number of nitrogens with two attached hydrogens (primary N) is 1. The average molecular weight is 231 g/mol. The molecule has 0 amide bonds. The lowest BCUT2D eigenvalue weighted by molar-refractivity contribution is 0.979. The first-order valence-electron chi connectivity index (χ1n) is 4.81. The van der Waals surface area contributed by atoms with Crippen molar-refractivity contribution in [2.45, 2.75) is 6.42 Å². The number of hydrogen-bond acceptors (Lipinski definition) is 5. The van der Waals surface area contributed by atoms with Crippen LogP contribution in [0.3, 0.4) is 0 Å². The van der Waals surface area contributed by atoms with Crippen molar-refractivity contribution in [3.8, 4) is 0 Å². The molecule has 3 aromatic heterocycles. The standard InChI is InChI=1S/C10H9N5S/c11-9-6-1-2-13-10(6)15-7(14-9)5-8-12-3-4-16-8/h1-4H,5H2,(H3,11,13,14,15). The van der Waals surface area contributed by atoms with Gasteiger partial charge in [-0.2, -0.15) is 0 Å². The predicted octanol–water partition coefficient (Wildman–Crippen LogP) is 1.59. The summed E-state index contributed by atoms with van der Waals surface area (Å²) in [4.78, 5) is 15.9. The molecule has 0 unspecified atom stereocenters. The summed E-state index contributed by atoms with van der Waals surface area (Å²) in [7, 11) is 0. The first-order valence-corrected chi connectivity index (χ1v) is 5.69. The molecular formula is C10H9N5S. The fourth-order valence-electron chi connectivity index (χ4n) is 1.57. The Kier molecular flexibility index (Phi) is 2.07. The second-order valence-electron chi connectivity index (χ2n) is 3.37.